The van der Waals surface area contributed by atoms with Crippen molar-refractivity contribution in [1.29, 1.82) is 0 Å². The average Bonchev–Trinajstić information content (AvgIpc) is 3.39. The van der Waals surface area contributed by atoms with E-state index >= 15 is 0 Å². The summed E-state index contributed by atoms with van der Waals surface area (Å²) in [7, 11) is 0. The fourth-order valence-electron chi connectivity index (χ4n) is 8.10. The Bertz CT molecular complexity index is 949. The van der Waals surface area contributed by atoms with Crippen molar-refractivity contribution in [1.82, 2.24) is 0 Å². The van der Waals surface area contributed by atoms with E-state index in [4.69, 9.17) is 9.84 Å². The highest BCUT2D eigenvalue weighted by molar-refractivity contribution is 5.96. The number of aliphatic carboxylic acids is 2. The second-order valence-corrected chi connectivity index (χ2v) is 17.7. The summed E-state index contributed by atoms with van der Waals surface area (Å²) in [6, 6.07) is 0. The van der Waals surface area contributed by atoms with E-state index in [0.29, 0.717) is 12.3 Å². The number of cyclic esters (lactones) is 2. The normalized spacial score (nSPS) is 17.6. The van der Waals surface area contributed by atoms with E-state index in [1.807, 2.05) is 13.8 Å². The molecule has 1 saturated heterocycles. The van der Waals surface area contributed by atoms with Crippen molar-refractivity contribution < 1.29 is 34.1 Å². The summed E-state index contributed by atoms with van der Waals surface area (Å²) in [5, 5.41) is 18.3. The van der Waals surface area contributed by atoms with Crippen LogP contribution in [0.3, 0.4) is 0 Å². The van der Waals surface area contributed by atoms with Gasteiger partial charge in [-0.15, -0.1) is 0 Å². The van der Waals surface area contributed by atoms with Gasteiger partial charge in [0.05, 0.1) is 23.7 Å². The van der Waals surface area contributed by atoms with Crippen LogP contribution in [-0.4, -0.2) is 34.1 Å². The van der Waals surface area contributed by atoms with Gasteiger partial charge < -0.3 is 14.9 Å². The molecule has 0 aromatic rings. The van der Waals surface area contributed by atoms with E-state index in [1.54, 1.807) is 0 Å². The summed E-state index contributed by atoms with van der Waals surface area (Å²) >= 11 is 0. The number of ether oxygens (including phenoxy) is 1. The third-order valence-corrected chi connectivity index (χ3v) is 12.2. The van der Waals surface area contributed by atoms with E-state index in [1.165, 1.54) is 180 Å². The third kappa shape index (κ3) is 29.9. The summed E-state index contributed by atoms with van der Waals surface area (Å²) in [5.74, 6) is -3.95. The number of unbranched alkanes of at least 4 members (excludes halogenated alkanes) is 26. The molecule has 324 valence electrons. The van der Waals surface area contributed by atoms with Crippen LogP contribution in [0.5, 0.6) is 0 Å². The largest absolute Gasteiger partial charge is 0.481 e. The smallest absolute Gasteiger partial charge is 0.317 e. The molecule has 0 bridgehead atoms. The average molecular weight is 779 g/mol. The first-order valence-corrected chi connectivity index (χ1v) is 23.7. The fraction of sp³-hybridized carbons (Fsp3) is 0.917. The first-order valence-electron chi connectivity index (χ1n) is 23.7. The summed E-state index contributed by atoms with van der Waals surface area (Å²) in [6.07, 6.45) is 41.4. The first-order chi connectivity index (χ1) is 26.5. The number of rotatable bonds is 37. The van der Waals surface area contributed by atoms with Gasteiger partial charge in [0.15, 0.2) is 0 Å². The predicted octanol–water partition coefficient (Wildman–Crippen LogP) is 14.5. The summed E-state index contributed by atoms with van der Waals surface area (Å²) in [4.78, 5) is 45.5. The zero-order valence-corrected chi connectivity index (χ0v) is 37.0. The molecule has 0 amide bonds. The standard InChI is InChI=1S/C24H46O4.C24H44O3/c1-4-5-6-7-8-9-10-11-12-13-14-15-16-17-18-20(2)19-22(24(27)28)21(3)23(25)26;1-4-5-6-7-8-9-10-11-12-13-14-15-16-17-18-20(2)19-22-21(3)23(25)27-24(22)26/h20-22H,4-19H2,1-3H3,(H,25,26)(H,27,28);20-22H,4-19H2,1-3H3. The molecule has 1 heterocycles. The van der Waals surface area contributed by atoms with Gasteiger partial charge in [-0.2, -0.15) is 0 Å². The van der Waals surface area contributed by atoms with Gasteiger partial charge in [0.25, 0.3) is 0 Å². The lowest BCUT2D eigenvalue weighted by Crippen LogP contribution is -2.29. The van der Waals surface area contributed by atoms with Crippen LogP contribution >= 0.6 is 0 Å². The lowest BCUT2D eigenvalue weighted by molar-refractivity contribution is -0.154. The van der Waals surface area contributed by atoms with Gasteiger partial charge in [0, 0.05) is 0 Å². The van der Waals surface area contributed by atoms with E-state index in [9.17, 15) is 24.3 Å². The van der Waals surface area contributed by atoms with Crippen LogP contribution in [0.25, 0.3) is 0 Å². The van der Waals surface area contributed by atoms with Gasteiger partial charge in [-0.05, 0) is 24.7 Å². The first kappa shape index (κ1) is 53.1. The Morgan fingerprint density at radius 3 is 1.13 bits per heavy atom. The Kier molecular flexibility index (Phi) is 35.2. The number of carboxylic acids is 2. The highest BCUT2D eigenvalue weighted by Crippen LogP contribution is 2.31. The number of hydrogen-bond acceptors (Lipinski definition) is 5. The minimum Gasteiger partial charge on any atom is -0.481 e. The molecule has 55 heavy (non-hydrogen) atoms. The van der Waals surface area contributed by atoms with E-state index < -0.39 is 23.8 Å². The van der Waals surface area contributed by atoms with Gasteiger partial charge in [0.2, 0.25) is 0 Å². The van der Waals surface area contributed by atoms with Gasteiger partial charge in [-0.3, -0.25) is 19.2 Å². The summed E-state index contributed by atoms with van der Waals surface area (Å²) < 4.78 is 4.74. The van der Waals surface area contributed by atoms with E-state index in [2.05, 4.69) is 20.8 Å². The lowest BCUT2D eigenvalue weighted by Gasteiger charge is -2.20. The molecule has 0 saturated carbocycles. The van der Waals surface area contributed by atoms with Crippen LogP contribution in [0.4, 0.5) is 0 Å². The van der Waals surface area contributed by atoms with Crippen LogP contribution in [0.15, 0.2) is 0 Å². The molecule has 0 spiro atoms. The van der Waals surface area contributed by atoms with Crippen molar-refractivity contribution in [3.63, 3.8) is 0 Å². The Balaban J connectivity index is 0.00000106. The van der Waals surface area contributed by atoms with Crippen LogP contribution in [0.1, 0.15) is 247 Å². The molecule has 1 fully saturated rings. The highest BCUT2D eigenvalue weighted by atomic mass is 16.6. The number of carboxylic acid groups (broad SMARTS) is 2. The molecule has 0 aromatic heterocycles. The van der Waals surface area contributed by atoms with Gasteiger partial charge in [0.1, 0.15) is 0 Å². The maximum absolute atomic E-state index is 11.7. The van der Waals surface area contributed by atoms with E-state index in [-0.39, 0.29) is 29.7 Å². The zero-order valence-electron chi connectivity index (χ0n) is 37.0. The van der Waals surface area contributed by atoms with Crippen molar-refractivity contribution in [2.24, 2.45) is 35.5 Å². The Morgan fingerprint density at radius 1 is 0.509 bits per heavy atom. The Labute approximate surface area is 339 Å². The highest BCUT2D eigenvalue weighted by Gasteiger charge is 2.41. The number of carbonyl (C=O) groups is 4. The van der Waals surface area contributed by atoms with Crippen LogP contribution in [0.2, 0.25) is 0 Å². The molecule has 1 aliphatic rings. The molecule has 1 rings (SSSR count). The minimum absolute atomic E-state index is 0.209. The van der Waals surface area contributed by atoms with Crippen LogP contribution < -0.4 is 0 Å². The number of esters is 2. The maximum atomic E-state index is 11.7. The van der Waals surface area contributed by atoms with Gasteiger partial charge >= 0.3 is 23.9 Å². The van der Waals surface area contributed by atoms with Crippen LogP contribution in [0, 0.1) is 35.5 Å². The van der Waals surface area contributed by atoms with Gasteiger partial charge in [-0.25, -0.2) is 0 Å². The summed E-state index contributed by atoms with van der Waals surface area (Å²) in [5.41, 5.74) is 0. The number of hydrogen-bond donors (Lipinski definition) is 2. The topological polar surface area (TPSA) is 118 Å². The summed E-state index contributed by atoms with van der Waals surface area (Å²) in [6.45, 7) is 12.1. The molecule has 0 aromatic carbocycles. The molecular weight excluding hydrogens is 689 g/mol. The third-order valence-electron chi connectivity index (χ3n) is 12.2. The second-order valence-electron chi connectivity index (χ2n) is 17.7. The molecule has 0 radical (unpaired) electrons. The second kappa shape index (κ2) is 36.4. The fourth-order valence-corrected chi connectivity index (χ4v) is 8.10. The van der Waals surface area contributed by atoms with Crippen molar-refractivity contribution in [3.8, 4) is 0 Å². The molecule has 7 heteroatoms. The Morgan fingerprint density at radius 2 is 0.836 bits per heavy atom. The molecule has 1 aliphatic heterocycles. The van der Waals surface area contributed by atoms with Crippen molar-refractivity contribution in [3.05, 3.63) is 0 Å². The molecule has 0 aliphatic carbocycles. The van der Waals surface area contributed by atoms with Gasteiger partial charge in [-0.1, -0.05) is 234 Å². The van der Waals surface area contributed by atoms with Crippen molar-refractivity contribution in [2.75, 3.05) is 0 Å². The monoisotopic (exact) mass is 779 g/mol. The van der Waals surface area contributed by atoms with E-state index in [0.717, 1.165) is 25.7 Å². The molecule has 6 atom stereocenters. The van der Waals surface area contributed by atoms with Crippen molar-refractivity contribution >= 4 is 23.9 Å². The predicted molar refractivity (Wildman–Crippen MR) is 229 cm³/mol. The quantitative estimate of drug-likeness (QED) is 0.0366. The van der Waals surface area contributed by atoms with Crippen LogP contribution in [-0.2, 0) is 23.9 Å². The minimum atomic E-state index is -1.02. The molecule has 6 unspecified atom stereocenters. The van der Waals surface area contributed by atoms with Crippen molar-refractivity contribution in [2.45, 2.75) is 247 Å². The molecule has 2 N–H and O–H groups in total. The Hall–Kier alpha value is -1.92. The maximum Gasteiger partial charge on any atom is 0.317 e. The zero-order chi connectivity index (χ0) is 41.1. The molecular formula is C48H90O7. The lowest BCUT2D eigenvalue weighted by atomic mass is 9.84. The molecule has 7 nitrogen and oxygen atoms in total. The number of carbonyl (C=O) groups excluding carboxylic acids is 2. The SMILES string of the molecule is CCCCCCCCCCCCCCCCC(C)CC(C(=O)O)C(C)C(=O)O.CCCCCCCCCCCCCCCCC(C)CC1C(=O)OC(=O)C1C.